The number of carbonyl (C=O) groups is 11. The molecule has 5 N–H and O–H groups in total. The number of amides is 5. The van der Waals surface area contributed by atoms with Crippen molar-refractivity contribution in [3.63, 3.8) is 0 Å². The fourth-order valence-electron chi connectivity index (χ4n) is 11.6. The third-order valence-corrected chi connectivity index (χ3v) is 18.1. The highest BCUT2D eigenvalue weighted by molar-refractivity contribution is 7.44. The van der Waals surface area contributed by atoms with Crippen molar-refractivity contribution in [2.45, 2.75) is 200 Å². The molecule has 0 radical (unpaired) electrons. The van der Waals surface area contributed by atoms with Gasteiger partial charge in [-0.3, -0.25) is 47.9 Å². The molecule has 0 saturated carbocycles. The third-order valence-electron chi connectivity index (χ3n) is 15.9. The molecule has 2 saturated heterocycles. The lowest BCUT2D eigenvalue weighted by Gasteiger charge is -2.44. The van der Waals surface area contributed by atoms with Gasteiger partial charge in [-0.05, 0) is 81.5 Å². The molecule has 35 heteroatoms. The van der Waals surface area contributed by atoms with E-state index >= 15 is 0 Å². The van der Waals surface area contributed by atoms with Crippen molar-refractivity contribution in [2.24, 2.45) is 0 Å². The Morgan fingerprint density at radius 2 is 0.991 bits per heavy atom. The van der Waals surface area contributed by atoms with Gasteiger partial charge in [-0.15, -0.1) is 0 Å². The van der Waals surface area contributed by atoms with Gasteiger partial charge < -0.3 is 102 Å². The quantitative estimate of drug-likeness (QED) is 0.0171. The zero-order valence-corrected chi connectivity index (χ0v) is 63.5. The number of nitrogens with zero attached hydrogens (tertiary/aromatic N) is 2. The van der Waals surface area contributed by atoms with Gasteiger partial charge in [0.1, 0.15) is 73.4 Å². The Morgan fingerprint density at radius 1 is 0.551 bits per heavy atom. The molecule has 2 heterocycles. The summed E-state index contributed by atoms with van der Waals surface area (Å²) in [5, 5.41) is 22.7. The lowest BCUT2D eigenvalue weighted by molar-refractivity contribution is -0.277. The number of hydrogen-bond acceptors (Lipinski definition) is 29. The molecule has 0 spiro atoms. The van der Waals surface area contributed by atoms with Crippen molar-refractivity contribution >= 4 is 74.1 Å². The molecule has 107 heavy (non-hydrogen) atoms. The summed E-state index contributed by atoms with van der Waals surface area (Å²) in [6.07, 6.45) is -14.1. The molecule has 3 aromatic rings. The number of methoxy groups -OCH3 is 2. The lowest BCUT2D eigenvalue weighted by atomic mass is 9.80. The van der Waals surface area contributed by atoms with E-state index in [1.165, 1.54) is 13.8 Å². The number of nitriles is 1. The molecule has 2 aliphatic heterocycles. The molecule has 13 atom stereocenters. The highest BCUT2D eigenvalue weighted by Gasteiger charge is 2.53. The standard InChI is InChI=1S/C72H100N7O27P/c1-42(2)79(43(3)4)107(99-36-18-31-73)106-57(39-98-72(52-21-16-15-17-22-52,53-23-27-55(91-13)28-24-53)54-25-29-56(92-14)30-26-54)38-97-71(90)78-58(68(89)75-33-20-35-94-70-63(77-45(6)81)67(103-51(12)87)65(101-49(10)85)60(105-70)41-96-47(8)83)37-61(88)74-32-19-34-93-69-62(76-44(5)80)66(102-50(11)86)64(100-48(9)84)59(104-69)40-95-46(7)82/h15-17,21-30,42-43,57-60,62-67,69-70H,18-20,32-41H2,1-14H3,(H,74,88)(H,75,89)(H,76,80)(H,77,81)(H,78,90)/t57-,58-,59+,60+,62+,63+,64-,65-,66+,67+,69+,70+,107?/m0/s1. The third kappa shape index (κ3) is 28.5. The average Bonchev–Trinajstić information content (AvgIpc) is 0.757. The minimum atomic E-state index is -2.06. The normalized spacial score (nSPS) is 20.6. The van der Waals surface area contributed by atoms with Gasteiger partial charge in [0.2, 0.25) is 23.6 Å². The van der Waals surface area contributed by atoms with Gasteiger partial charge in [-0.2, -0.15) is 5.26 Å². The molecule has 0 aromatic heterocycles. The van der Waals surface area contributed by atoms with E-state index in [9.17, 15) is 58.0 Å². The highest BCUT2D eigenvalue weighted by Crippen LogP contribution is 2.48. The maximum Gasteiger partial charge on any atom is 0.407 e. The lowest BCUT2D eigenvalue weighted by Crippen LogP contribution is -2.66. The van der Waals surface area contributed by atoms with Gasteiger partial charge >= 0.3 is 41.9 Å². The smallest absolute Gasteiger partial charge is 0.407 e. The van der Waals surface area contributed by atoms with Crippen LogP contribution in [-0.2, 0) is 119 Å². The molecule has 0 bridgehead atoms. The van der Waals surface area contributed by atoms with Crippen LogP contribution in [0, 0.1) is 11.3 Å². The Bertz CT molecular complexity index is 3380. The first kappa shape index (κ1) is 88.5. The molecule has 590 valence electrons. The van der Waals surface area contributed by atoms with Crippen molar-refractivity contribution in [3.05, 3.63) is 95.6 Å². The van der Waals surface area contributed by atoms with Crippen LogP contribution in [0.1, 0.15) is 125 Å². The number of benzene rings is 3. The molecule has 3 aromatic carbocycles. The molecule has 1 unspecified atom stereocenters. The van der Waals surface area contributed by atoms with Crippen LogP contribution in [0.4, 0.5) is 4.79 Å². The summed E-state index contributed by atoms with van der Waals surface area (Å²) in [4.78, 5) is 142. The summed E-state index contributed by atoms with van der Waals surface area (Å²) in [6, 6.07) is 21.4. The summed E-state index contributed by atoms with van der Waals surface area (Å²) >= 11 is 0. The fraction of sp³-hybridized carbons (Fsp3) is 0.583. The number of alkyl carbamates (subject to hydrolysis) is 1. The maximum atomic E-state index is 14.5. The number of esters is 6. The van der Waals surface area contributed by atoms with Crippen molar-refractivity contribution < 1.29 is 128 Å². The number of nitrogens with one attached hydrogen (secondary N) is 5. The first-order valence-corrected chi connectivity index (χ1v) is 35.8. The number of ether oxygens (including phenoxy) is 14. The van der Waals surface area contributed by atoms with E-state index in [1.807, 2.05) is 87.0 Å². The molecular weight excluding hydrogens is 1430 g/mol. The predicted molar refractivity (Wildman–Crippen MR) is 376 cm³/mol. The van der Waals surface area contributed by atoms with Crippen LogP contribution in [0.2, 0.25) is 0 Å². The summed E-state index contributed by atoms with van der Waals surface area (Å²) in [5.74, 6) is -6.50. The number of hydrogen-bond donors (Lipinski definition) is 5. The van der Waals surface area contributed by atoms with Crippen LogP contribution in [-0.4, -0.2) is 229 Å². The monoisotopic (exact) mass is 1530 g/mol. The number of carbonyl (C=O) groups excluding carboxylic acids is 11. The second-order valence-electron chi connectivity index (χ2n) is 25.1. The van der Waals surface area contributed by atoms with Crippen molar-refractivity contribution in [3.8, 4) is 17.6 Å². The Morgan fingerprint density at radius 3 is 1.40 bits per heavy atom. The van der Waals surface area contributed by atoms with E-state index < -0.39 is 179 Å². The van der Waals surface area contributed by atoms with Crippen LogP contribution < -0.4 is 36.1 Å². The fourth-order valence-corrected chi connectivity index (χ4v) is 13.3. The van der Waals surface area contributed by atoms with Gasteiger partial charge in [-0.25, -0.2) is 9.46 Å². The van der Waals surface area contributed by atoms with Gasteiger partial charge in [0.15, 0.2) is 37.0 Å². The number of rotatable bonds is 42. The molecular formula is C72H100N7O27P. The summed E-state index contributed by atoms with van der Waals surface area (Å²) in [6.45, 7) is 14.0. The molecule has 5 rings (SSSR count). The molecule has 5 amide bonds. The van der Waals surface area contributed by atoms with E-state index in [0.717, 1.165) is 41.5 Å². The molecule has 2 fully saturated rings. The van der Waals surface area contributed by atoms with E-state index in [2.05, 4.69) is 32.7 Å². The minimum Gasteiger partial charge on any atom is -0.497 e. The van der Waals surface area contributed by atoms with Crippen molar-refractivity contribution in [1.29, 1.82) is 5.26 Å². The molecule has 2 aliphatic rings. The average molecular weight is 1530 g/mol. The Labute approximate surface area is 622 Å². The maximum absolute atomic E-state index is 14.5. The summed E-state index contributed by atoms with van der Waals surface area (Å²) < 4.78 is 96.3. The topological polar surface area (TPSA) is 423 Å². The highest BCUT2D eigenvalue weighted by atomic mass is 31.2. The van der Waals surface area contributed by atoms with E-state index in [0.29, 0.717) is 28.2 Å². The Kier molecular flexibility index (Phi) is 37.1. The predicted octanol–water partition coefficient (Wildman–Crippen LogP) is 4.52. The SMILES string of the molecule is COc1ccc(C(OC[C@H](COC(=O)N[C@@H](CC(=O)NCCCO[C@@H]2O[C@H](COC(C)=O)[C@H](OC(C)=O)[C@H](OC(C)=O)[C@H]2NC(C)=O)C(=O)NCCCO[C@@H]2O[C@H](COC(C)=O)[C@H](OC(C)=O)[C@H](OC(C)=O)[C@H]2NC(C)=O)OP(OCCC#N)N(C(C)C)C(C)C)(c2ccccc2)c2ccc(OC)cc2)cc1. The largest absolute Gasteiger partial charge is 0.497 e. The van der Waals surface area contributed by atoms with Gasteiger partial charge in [-0.1, -0.05) is 54.6 Å². The van der Waals surface area contributed by atoms with Crippen LogP contribution in [0.3, 0.4) is 0 Å². The minimum absolute atomic E-state index is 0.0113. The van der Waals surface area contributed by atoms with E-state index in [4.69, 9.17) is 75.4 Å². The van der Waals surface area contributed by atoms with Crippen LogP contribution in [0.5, 0.6) is 11.5 Å². The van der Waals surface area contributed by atoms with Gasteiger partial charge in [0, 0.05) is 80.6 Å². The molecule has 0 aliphatic carbocycles. The van der Waals surface area contributed by atoms with Gasteiger partial charge in [0.25, 0.3) is 8.53 Å². The zero-order valence-electron chi connectivity index (χ0n) is 62.6. The van der Waals surface area contributed by atoms with Crippen molar-refractivity contribution in [2.75, 3.05) is 73.6 Å². The van der Waals surface area contributed by atoms with E-state index in [-0.39, 0.29) is 70.9 Å². The zero-order chi connectivity index (χ0) is 78.9. The molecule has 34 nitrogen and oxygen atoms in total. The Balaban J connectivity index is 1.46. The second-order valence-corrected chi connectivity index (χ2v) is 26.5. The first-order chi connectivity index (χ1) is 50.9. The summed E-state index contributed by atoms with van der Waals surface area (Å²) in [5.41, 5.74) is 0.587. The second kappa shape index (κ2) is 44.8. The van der Waals surface area contributed by atoms with Crippen LogP contribution in [0.15, 0.2) is 78.9 Å². The van der Waals surface area contributed by atoms with Crippen LogP contribution >= 0.6 is 8.53 Å². The van der Waals surface area contributed by atoms with Crippen LogP contribution in [0.25, 0.3) is 0 Å². The van der Waals surface area contributed by atoms with E-state index in [1.54, 1.807) is 38.5 Å². The first-order valence-electron chi connectivity index (χ1n) is 34.7. The summed E-state index contributed by atoms with van der Waals surface area (Å²) in [7, 11) is 1.03. The van der Waals surface area contributed by atoms with Crippen molar-refractivity contribution in [1.82, 2.24) is 31.3 Å². The van der Waals surface area contributed by atoms with Gasteiger partial charge in [0.05, 0.1) is 59.6 Å². The Hall–Kier alpha value is -9.17.